The molecule has 0 unspecified atom stereocenters. The minimum absolute atomic E-state index is 0.0617. The van der Waals surface area contributed by atoms with Gasteiger partial charge in [-0.1, -0.05) is 38.1 Å². The summed E-state index contributed by atoms with van der Waals surface area (Å²) in [5.41, 5.74) is 4.80. The first-order valence-corrected chi connectivity index (χ1v) is 11.9. The van der Waals surface area contributed by atoms with E-state index in [0.717, 1.165) is 58.0 Å². The van der Waals surface area contributed by atoms with Crippen molar-refractivity contribution in [1.82, 2.24) is 10.2 Å². The summed E-state index contributed by atoms with van der Waals surface area (Å²) in [7, 11) is 0. The predicted molar refractivity (Wildman–Crippen MR) is 131 cm³/mol. The fourth-order valence-electron chi connectivity index (χ4n) is 4.31. The van der Waals surface area contributed by atoms with E-state index in [4.69, 9.17) is 4.74 Å². The van der Waals surface area contributed by atoms with E-state index in [1.807, 2.05) is 26.0 Å². The van der Waals surface area contributed by atoms with E-state index in [0.29, 0.717) is 17.8 Å². The molecule has 2 heterocycles. The summed E-state index contributed by atoms with van der Waals surface area (Å²) in [6, 6.07) is 14.1. The Morgan fingerprint density at radius 2 is 1.79 bits per heavy atom. The molecule has 0 bridgehead atoms. The molecule has 2 aromatic carbocycles. The van der Waals surface area contributed by atoms with Crippen LogP contribution in [0.4, 0.5) is 11.4 Å². The monoisotopic (exact) mass is 450 g/mol. The van der Waals surface area contributed by atoms with E-state index in [1.54, 1.807) is 6.07 Å². The Labute approximate surface area is 196 Å². The first-order valence-electron chi connectivity index (χ1n) is 11.9. The van der Waals surface area contributed by atoms with Crippen molar-refractivity contribution in [3.05, 3.63) is 59.2 Å². The summed E-state index contributed by atoms with van der Waals surface area (Å²) in [5, 5.41) is 6.02. The maximum Gasteiger partial charge on any atom is 0.253 e. The molecule has 0 atom stereocenters. The van der Waals surface area contributed by atoms with E-state index in [2.05, 4.69) is 44.7 Å². The number of ether oxygens (including phenoxy) is 1. The maximum absolute atomic E-state index is 13.3. The van der Waals surface area contributed by atoms with Crippen LogP contribution in [-0.2, 0) is 22.5 Å². The van der Waals surface area contributed by atoms with Crippen molar-refractivity contribution in [2.24, 2.45) is 5.92 Å². The van der Waals surface area contributed by atoms with Gasteiger partial charge < -0.3 is 20.3 Å². The second kappa shape index (κ2) is 10.8. The molecule has 1 saturated heterocycles. The molecule has 7 nitrogen and oxygen atoms in total. The molecule has 33 heavy (non-hydrogen) atoms. The van der Waals surface area contributed by atoms with Gasteiger partial charge in [0.15, 0.2) is 0 Å². The number of amides is 2. The van der Waals surface area contributed by atoms with Gasteiger partial charge in [0.05, 0.1) is 18.8 Å². The van der Waals surface area contributed by atoms with Crippen LogP contribution in [0.2, 0.25) is 0 Å². The van der Waals surface area contributed by atoms with Gasteiger partial charge in [-0.25, -0.2) is 0 Å². The lowest BCUT2D eigenvalue weighted by molar-refractivity contribution is -0.118. The topological polar surface area (TPSA) is 73.9 Å². The van der Waals surface area contributed by atoms with Crippen LogP contribution in [0, 0.1) is 5.92 Å². The van der Waals surface area contributed by atoms with Crippen molar-refractivity contribution in [3.8, 4) is 0 Å². The first kappa shape index (κ1) is 23.3. The summed E-state index contributed by atoms with van der Waals surface area (Å²) in [4.78, 5) is 30.1. The number of hydrogen-bond donors (Lipinski definition) is 2. The van der Waals surface area contributed by atoms with Gasteiger partial charge in [0, 0.05) is 56.6 Å². The highest BCUT2D eigenvalue weighted by Gasteiger charge is 2.22. The van der Waals surface area contributed by atoms with Crippen molar-refractivity contribution in [2.75, 3.05) is 56.2 Å². The molecule has 2 aromatic rings. The fraction of sp³-hybridized carbons (Fsp3) is 0.462. The minimum Gasteiger partial charge on any atom is -0.379 e. The Kier molecular flexibility index (Phi) is 7.62. The molecule has 4 rings (SSSR count). The van der Waals surface area contributed by atoms with Gasteiger partial charge in [-0.3, -0.25) is 14.5 Å². The zero-order valence-electron chi connectivity index (χ0n) is 19.6. The van der Waals surface area contributed by atoms with Crippen LogP contribution in [-0.4, -0.2) is 62.7 Å². The molecule has 1 fully saturated rings. The van der Waals surface area contributed by atoms with Crippen LogP contribution in [0.1, 0.15) is 35.3 Å². The third-order valence-corrected chi connectivity index (χ3v) is 6.32. The highest BCUT2D eigenvalue weighted by molar-refractivity contribution is 6.02. The zero-order chi connectivity index (χ0) is 23.2. The molecule has 0 aliphatic carbocycles. The first-order chi connectivity index (χ1) is 16.0. The Hall–Kier alpha value is -2.90. The van der Waals surface area contributed by atoms with Gasteiger partial charge >= 0.3 is 0 Å². The Balaban J connectivity index is 1.52. The molecule has 176 valence electrons. The molecular weight excluding hydrogens is 416 g/mol. The minimum atomic E-state index is -0.130. The van der Waals surface area contributed by atoms with Crippen LogP contribution >= 0.6 is 0 Å². The lowest BCUT2D eigenvalue weighted by Crippen LogP contribution is -2.41. The number of fused-ring (bicyclic) bond motifs is 1. The lowest BCUT2D eigenvalue weighted by Gasteiger charge is -2.32. The molecule has 2 amide bonds. The third-order valence-electron chi connectivity index (χ3n) is 6.32. The summed E-state index contributed by atoms with van der Waals surface area (Å²) in [6.45, 7) is 9.97. The number of benzene rings is 2. The van der Waals surface area contributed by atoms with Crippen molar-refractivity contribution in [2.45, 2.75) is 26.8 Å². The molecule has 0 spiro atoms. The normalized spacial score (nSPS) is 16.4. The van der Waals surface area contributed by atoms with Crippen molar-refractivity contribution < 1.29 is 14.3 Å². The van der Waals surface area contributed by atoms with Crippen molar-refractivity contribution in [3.63, 3.8) is 0 Å². The fourth-order valence-corrected chi connectivity index (χ4v) is 4.31. The number of carbonyl (C=O) groups is 2. The lowest BCUT2D eigenvalue weighted by atomic mass is 9.98. The smallest absolute Gasteiger partial charge is 0.253 e. The van der Waals surface area contributed by atoms with Crippen LogP contribution in [0.5, 0.6) is 0 Å². The predicted octanol–water partition coefficient (Wildman–Crippen LogP) is 2.91. The largest absolute Gasteiger partial charge is 0.379 e. The van der Waals surface area contributed by atoms with Crippen molar-refractivity contribution in [1.29, 1.82) is 0 Å². The molecule has 7 heteroatoms. The average Bonchev–Trinajstić information content (AvgIpc) is 2.84. The second-order valence-corrected chi connectivity index (χ2v) is 9.03. The van der Waals surface area contributed by atoms with E-state index < -0.39 is 0 Å². The maximum atomic E-state index is 13.3. The molecule has 2 aliphatic rings. The number of morpholine rings is 1. The third kappa shape index (κ3) is 5.92. The zero-order valence-corrected chi connectivity index (χ0v) is 19.6. The Morgan fingerprint density at radius 1 is 1.03 bits per heavy atom. The number of rotatable bonds is 7. The van der Waals surface area contributed by atoms with Gasteiger partial charge in [-0.2, -0.15) is 0 Å². The van der Waals surface area contributed by atoms with E-state index in [1.165, 1.54) is 11.1 Å². The Morgan fingerprint density at radius 3 is 2.55 bits per heavy atom. The average molecular weight is 451 g/mol. The summed E-state index contributed by atoms with van der Waals surface area (Å²) in [5.74, 6) is -0.305. The van der Waals surface area contributed by atoms with Gasteiger partial charge in [-0.05, 0) is 35.7 Å². The van der Waals surface area contributed by atoms with E-state index in [9.17, 15) is 9.59 Å². The molecule has 0 radical (unpaired) electrons. The number of carbonyl (C=O) groups excluding carboxylic acids is 2. The van der Waals surface area contributed by atoms with Gasteiger partial charge in [0.25, 0.3) is 5.91 Å². The summed E-state index contributed by atoms with van der Waals surface area (Å²) in [6.07, 6.45) is 0.945. The number of nitrogens with zero attached hydrogens (tertiary/aromatic N) is 2. The highest BCUT2D eigenvalue weighted by atomic mass is 16.5. The molecule has 0 aromatic heterocycles. The number of nitrogens with one attached hydrogen (secondary N) is 2. The van der Waals surface area contributed by atoms with Crippen LogP contribution < -0.4 is 15.5 Å². The van der Waals surface area contributed by atoms with Gasteiger partial charge in [0.2, 0.25) is 5.91 Å². The van der Waals surface area contributed by atoms with Crippen molar-refractivity contribution >= 4 is 23.2 Å². The van der Waals surface area contributed by atoms with E-state index >= 15 is 0 Å². The SMILES string of the molecule is CC(C)C(=O)Nc1ccc(N2CCc3ccccc3C2)c(C(=O)NCCN2CCOCC2)c1. The van der Waals surface area contributed by atoms with E-state index in [-0.39, 0.29) is 17.7 Å². The number of anilines is 2. The van der Waals surface area contributed by atoms with Crippen LogP contribution in [0.25, 0.3) is 0 Å². The standard InChI is InChI=1S/C26H34N4O3/c1-19(2)25(31)28-22-7-8-24(30-11-9-20-5-3-4-6-21(20)18-30)23(17-22)26(32)27-10-12-29-13-15-33-16-14-29/h3-8,17,19H,9-16,18H2,1-2H3,(H,27,32)(H,28,31). The second-order valence-electron chi connectivity index (χ2n) is 9.03. The number of hydrogen-bond acceptors (Lipinski definition) is 5. The molecule has 2 aliphatic heterocycles. The molecule has 2 N–H and O–H groups in total. The van der Waals surface area contributed by atoms with Gasteiger partial charge in [0.1, 0.15) is 0 Å². The summed E-state index contributed by atoms with van der Waals surface area (Å²) >= 11 is 0. The highest BCUT2D eigenvalue weighted by Crippen LogP contribution is 2.29. The molecular formula is C26H34N4O3. The molecule has 0 saturated carbocycles. The van der Waals surface area contributed by atoms with Gasteiger partial charge in [-0.15, -0.1) is 0 Å². The van der Waals surface area contributed by atoms with Crippen LogP contribution in [0.15, 0.2) is 42.5 Å². The van der Waals surface area contributed by atoms with Crippen LogP contribution in [0.3, 0.4) is 0 Å². The quantitative estimate of drug-likeness (QED) is 0.679. The Bertz CT molecular complexity index is 985. The summed E-state index contributed by atoms with van der Waals surface area (Å²) < 4.78 is 5.40.